The minimum absolute atomic E-state index is 0.369. The molecule has 0 aliphatic rings. The molecule has 0 aliphatic heterocycles. The second kappa shape index (κ2) is 11.9. The molecule has 0 amide bonds. The molecular formula is C40H21N9. The average Bonchev–Trinajstić information content (AvgIpc) is 3.46. The Hall–Kier alpha value is -7.64. The molecule has 0 saturated heterocycles. The summed E-state index contributed by atoms with van der Waals surface area (Å²) in [6, 6.07) is 32.0. The molecule has 2 aromatic heterocycles. The van der Waals surface area contributed by atoms with Gasteiger partial charge in [0.05, 0.1) is 54.1 Å². The highest BCUT2D eigenvalue weighted by Crippen LogP contribution is 2.42. The summed E-state index contributed by atoms with van der Waals surface area (Å²) in [5.74, 6) is 1.51. The molecule has 0 aliphatic carbocycles. The largest absolute Gasteiger partial charge is 0.308 e. The van der Waals surface area contributed by atoms with Crippen LogP contribution in [0.1, 0.15) is 22.8 Å². The zero-order valence-corrected chi connectivity index (χ0v) is 26.2. The van der Waals surface area contributed by atoms with Crippen molar-refractivity contribution in [3.63, 3.8) is 0 Å². The molecular weight excluding hydrogens is 607 g/mol. The third kappa shape index (κ3) is 5.15. The molecule has 226 valence electrons. The van der Waals surface area contributed by atoms with Gasteiger partial charge < -0.3 is 4.57 Å². The van der Waals surface area contributed by atoms with Crippen LogP contribution < -0.4 is 0 Å². The van der Waals surface area contributed by atoms with Crippen molar-refractivity contribution in [2.24, 2.45) is 0 Å². The molecule has 0 spiro atoms. The van der Waals surface area contributed by atoms with Gasteiger partial charge in [-0.25, -0.2) is 29.5 Å². The monoisotopic (exact) mass is 627 g/mol. The minimum Gasteiger partial charge on any atom is -0.308 e. The molecule has 7 rings (SSSR count). The number of hydrogen-bond donors (Lipinski definition) is 0. The molecule has 9 heteroatoms. The zero-order valence-electron chi connectivity index (χ0n) is 26.2. The van der Waals surface area contributed by atoms with Crippen LogP contribution in [0.2, 0.25) is 0 Å². The van der Waals surface area contributed by atoms with Gasteiger partial charge in [-0.15, -0.1) is 0 Å². The Balaban J connectivity index is 1.59. The van der Waals surface area contributed by atoms with Crippen LogP contribution in [0.3, 0.4) is 0 Å². The maximum absolute atomic E-state index is 9.88. The lowest BCUT2D eigenvalue weighted by Gasteiger charge is -2.15. The molecule has 0 saturated carbocycles. The van der Waals surface area contributed by atoms with Crippen molar-refractivity contribution < 1.29 is 0 Å². The molecule has 5 aromatic carbocycles. The van der Waals surface area contributed by atoms with Gasteiger partial charge in [-0.2, -0.15) is 10.5 Å². The lowest BCUT2D eigenvalue weighted by atomic mass is 9.99. The Morgan fingerprint density at radius 1 is 0.571 bits per heavy atom. The number of hydrogen-bond acceptors (Lipinski definition) is 5. The van der Waals surface area contributed by atoms with Crippen molar-refractivity contribution in [2.75, 3.05) is 0 Å². The third-order valence-electron chi connectivity index (χ3n) is 8.33. The van der Waals surface area contributed by atoms with E-state index in [-0.39, 0.29) is 0 Å². The van der Waals surface area contributed by atoms with Crippen molar-refractivity contribution in [1.29, 1.82) is 10.5 Å². The highest BCUT2D eigenvalue weighted by molar-refractivity contribution is 6.12. The van der Waals surface area contributed by atoms with E-state index in [0.29, 0.717) is 62.4 Å². The van der Waals surface area contributed by atoms with Gasteiger partial charge in [-0.05, 0) is 78.6 Å². The molecule has 2 heterocycles. The SMILES string of the molecule is [C-]#[N+]c1ccc(-c2ccc3c4ccc(-c5ccc(C#N)cc5[N+]#[C-])cc4n(-c4ccc(C#N)cc4-c4nc(C)nc(C)n4)c3c2)c([N+]#[C-])c1. The van der Waals surface area contributed by atoms with Gasteiger partial charge >= 0.3 is 0 Å². The zero-order chi connectivity index (χ0) is 34.2. The van der Waals surface area contributed by atoms with Crippen LogP contribution in [-0.4, -0.2) is 19.5 Å². The predicted octanol–water partition coefficient (Wildman–Crippen LogP) is 9.98. The van der Waals surface area contributed by atoms with Crippen molar-refractivity contribution >= 4 is 38.9 Å². The van der Waals surface area contributed by atoms with E-state index < -0.39 is 0 Å². The Bertz CT molecular complexity index is 2600. The fourth-order valence-corrected chi connectivity index (χ4v) is 6.19. The molecule has 7 aromatic rings. The number of rotatable bonds is 4. The molecule has 0 radical (unpaired) electrons. The van der Waals surface area contributed by atoms with Gasteiger partial charge in [0.15, 0.2) is 22.9 Å². The first-order valence-electron chi connectivity index (χ1n) is 15.0. The van der Waals surface area contributed by atoms with E-state index in [4.69, 9.17) is 19.7 Å². The van der Waals surface area contributed by atoms with E-state index in [1.165, 1.54) is 0 Å². The van der Waals surface area contributed by atoms with Crippen LogP contribution >= 0.6 is 0 Å². The van der Waals surface area contributed by atoms with E-state index in [1.807, 2.05) is 42.5 Å². The molecule has 0 unspecified atom stereocenters. The molecule has 9 nitrogen and oxygen atoms in total. The minimum atomic E-state index is 0.369. The first-order chi connectivity index (χ1) is 23.8. The molecule has 0 atom stereocenters. The second-order valence-electron chi connectivity index (χ2n) is 11.3. The fraction of sp³-hybridized carbons (Fsp3) is 0.0500. The van der Waals surface area contributed by atoms with Crippen LogP contribution in [0.5, 0.6) is 0 Å². The van der Waals surface area contributed by atoms with Gasteiger partial charge in [0, 0.05) is 21.9 Å². The average molecular weight is 628 g/mol. The summed E-state index contributed by atoms with van der Waals surface area (Å²) >= 11 is 0. The van der Waals surface area contributed by atoms with Crippen molar-refractivity contribution in [2.45, 2.75) is 13.8 Å². The topological polar surface area (TPSA) is 104 Å². The number of nitriles is 2. The molecule has 0 fully saturated rings. The highest BCUT2D eigenvalue weighted by atomic mass is 15.0. The van der Waals surface area contributed by atoms with Crippen molar-refractivity contribution in [3.8, 4) is 51.5 Å². The lowest BCUT2D eigenvalue weighted by Crippen LogP contribution is -2.04. The number of aromatic nitrogens is 4. The number of fused-ring (bicyclic) bond motifs is 3. The molecule has 49 heavy (non-hydrogen) atoms. The Morgan fingerprint density at radius 2 is 1.12 bits per heavy atom. The summed E-state index contributed by atoms with van der Waals surface area (Å²) in [6.45, 7) is 26.7. The van der Waals surface area contributed by atoms with Crippen LogP contribution in [-0.2, 0) is 0 Å². The summed E-state index contributed by atoms with van der Waals surface area (Å²) in [5.41, 5.74) is 7.97. The van der Waals surface area contributed by atoms with Gasteiger partial charge in [0.2, 0.25) is 0 Å². The van der Waals surface area contributed by atoms with Crippen LogP contribution in [0.25, 0.3) is 75.7 Å². The van der Waals surface area contributed by atoms with Gasteiger partial charge in [0.1, 0.15) is 11.6 Å². The number of nitrogens with zero attached hydrogens (tertiary/aromatic N) is 9. The fourth-order valence-electron chi connectivity index (χ4n) is 6.19. The Kier molecular flexibility index (Phi) is 7.32. The lowest BCUT2D eigenvalue weighted by molar-refractivity contribution is 0.926. The van der Waals surface area contributed by atoms with Crippen molar-refractivity contribution in [3.05, 3.63) is 148 Å². The first-order valence-corrected chi connectivity index (χ1v) is 15.0. The summed E-state index contributed by atoms with van der Waals surface area (Å²) in [6.07, 6.45) is 0. The summed E-state index contributed by atoms with van der Waals surface area (Å²) < 4.78 is 2.09. The van der Waals surface area contributed by atoms with Crippen LogP contribution in [0.4, 0.5) is 17.1 Å². The van der Waals surface area contributed by atoms with Crippen LogP contribution in [0, 0.1) is 56.2 Å². The normalized spacial score (nSPS) is 10.6. The Morgan fingerprint density at radius 3 is 1.69 bits per heavy atom. The summed E-state index contributed by atoms with van der Waals surface area (Å²) in [5, 5.41) is 21.2. The van der Waals surface area contributed by atoms with E-state index in [1.54, 1.807) is 62.4 Å². The number of benzene rings is 5. The van der Waals surface area contributed by atoms with Crippen molar-refractivity contribution in [1.82, 2.24) is 19.5 Å². The van der Waals surface area contributed by atoms with E-state index in [0.717, 1.165) is 38.6 Å². The second-order valence-corrected chi connectivity index (χ2v) is 11.3. The summed E-state index contributed by atoms with van der Waals surface area (Å²) in [7, 11) is 0. The van der Waals surface area contributed by atoms with E-state index >= 15 is 0 Å². The standard InChI is InChI=1S/C40H21N9/c1-23-46-24(2)48-40(47-23)34-16-25(21-41)7-15-37(34)49-38-18-27(30-11-6-26(22-42)17-35(30)44-4)8-12-32(38)33-13-9-28(19-39(33)49)31-14-10-29(43-3)20-36(31)45-5/h6-20H,1-2H3. The smallest absolute Gasteiger partial charge is 0.196 e. The molecule has 0 N–H and O–H groups in total. The number of aryl methyl sites for hydroxylation is 2. The predicted molar refractivity (Wildman–Crippen MR) is 188 cm³/mol. The van der Waals surface area contributed by atoms with Gasteiger partial charge in [-0.1, -0.05) is 48.5 Å². The quantitative estimate of drug-likeness (QED) is 0.181. The van der Waals surface area contributed by atoms with Gasteiger partial charge in [-0.3, -0.25) is 0 Å². The van der Waals surface area contributed by atoms with Gasteiger partial charge in [0.25, 0.3) is 0 Å². The van der Waals surface area contributed by atoms with E-state index in [9.17, 15) is 10.5 Å². The highest BCUT2D eigenvalue weighted by Gasteiger charge is 2.20. The third-order valence-corrected chi connectivity index (χ3v) is 8.33. The van der Waals surface area contributed by atoms with E-state index in [2.05, 4.69) is 46.2 Å². The summed E-state index contributed by atoms with van der Waals surface area (Å²) in [4.78, 5) is 24.6. The maximum Gasteiger partial charge on any atom is 0.196 e. The first kappa shape index (κ1) is 30.0. The molecule has 0 bridgehead atoms. The maximum atomic E-state index is 9.88. The van der Waals surface area contributed by atoms with Crippen LogP contribution in [0.15, 0.2) is 91.0 Å². The Labute approximate surface area is 281 Å².